The average Bonchev–Trinajstić information content (AvgIpc) is 2.77. The molecule has 1 atom stereocenters. The SMILES string of the molecule is Cc1cc(C(=O)N2CCC(C)(CN)C2)c(Cl)cc1F. The molecule has 19 heavy (non-hydrogen) atoms. The van der Waals surface area contributed by atoms with Gasteiger partial charge >= 0.3 is 0 Å². The first-order chi connectivity index (χ1) is 8.86. The van der Waals surface area contributed by atoms with Crippen molar-refractivity contribution in [3.63, 3.8) is 0 Å². The molecule has 3 nitrogen and oxygen atoms in total. The Labute approximate surface area is 117 Å². The molecule has 1 amide bonds. The topological polar surface area (TPSA) is 46.3 Å². The number of hydrogen-bond donors (Lipinski definition) is 1. The van der Waals surface area contributed by atoms with E-state index in [1.54, 1.807) is 11.8 Å². The van der Waals surface area contributed by atoms with E-state index in [0.29, 0.717) is 30.8 Å². The maximum atomic E-state index is 13.4. The Bertz CT molecular complexity index is 520. The summed E-state index contributed by atoms with van der Waals surface area (Å²) in [7, 11) is 0. The average molecular weight is 285 g/mol. The summed E-state index contributed by atoms with van der Waals surface area (Å²) in [5.41, 5.74) is 6.49. The molecule has 0 saturated carbocycles. The van der Waals surface area contributed by atoms with Crippen LogP contribution in [0.1, 0.15) is 29.3 Å². The second kappa shape index (κ2) is 5.10. The van der Waals surface area contributed by atoms with Crippen LogP contribution in [0.4, 0.5) is 4.39 Å². The van der Waals surface area contributed by atoms with E-state index in [1.807, 2.05) is 0 Å². The van der Waals surface area contributed by atoms with Gasteiger partial charge in [-0.1, -0.05) is 18.5 Å². The van der Waals surface area contributed by atoms with Gasteiger partial charge in [0.1, 0.15) is 5.82 Å². The van der Waals surface area contributed by atoms with Gasteiger partial charge in [-0.2, -0.15) is 0 Å². The van der Waals surface area contributed by atoms with E-state index < -0.39 is 5.82 Å². The van der Waals surface area contributed by atoms with Gasteiger partial charge in [0.15, 0.2) is 0 Å². The summed E-state index contributed by atoms with van der Waals surface area (Å²) in [6, 6.07) is 2.71. The van der Waals surface area contributed by atoms with Crippen LogP contribution in [0.2, 0.25) is 5.02 Å². The molecule has 2 N–H and O–H groups in total. The Morgan fingerprint density at radius 1 is 1.58 bits per heavy atom. The molecule has 0 aliphatic carbocycles. The van der Waals surface area contributed by atoms with Crippen molar-refractivity contribution >= 4 is 17.5 Å². The number of aryl methyl sites for hydroxylation is 1. The number of nitrogens with two attached hydrogens (primary N) is 1. The van der Waals surface area contributed by atoms with Gasteiger partial charge in [0.05, 0.1) is 10.6 Å². The molecule has 0 spiro atoms. The predicted molar refractivity (Wildman–Crippen MR) is 73.8 cm³/mol. The Morgan fingerprint density at radius 3 is 2.84 bits per heavy atom. The highest BCUT2D eigenvalue weighted by Gasteiger charge is 2.35. The van der Waals surface area contributed by atoms with E-state index in [1.165, 1.54) is 12.1 Å². The number of carbonyl (C=O) groups excluding carboxylic acids is 1. The molecule has 2 rings (SSSR count). The minimum absolute atomic E-state index is 0.0305. The number of benzene rings is 1. The molecule has 0 bridgehead atoms. The molecule has 1 unspecified atom stereocenters. The summed E-state index contributed by atoms with van der Waals surface area (Å²) in [6.07, 6.45) is 0.882. The lowest BCUT2D eigenvalue weighted by Crippen LogP contribution is -2.34. The van der Waals surface area contributed by atoms with Gasteiger partial charge in [-0.15, -0.1) is 0 Å². The van der Waals surface area contributed by atoms with Crippen LogP contribution in [0.5, 0.6) is 0 Å². The number of amides is 1. The summed E-state index contributed by atoms with van der Waals surface area (Å²) >= 11 is 5.97. The van der Waals surface area contributed by atoms with Gasteiger partial charge in [0, 0.05) is 13.1 Å². The molecule has 5 heteroatoms. The third-order valence-electron chi connectivity index (χ3n) is 3.82. The third kappa shape index (κ3) is 2.74. The number of hydrogen-bond acceptors (Lipinski definition) is 2. The maximum Gasteiger partial charge on any atom is 0.255 e. The van der Waals surface area contributed by atoms with Crippen LogP contribution < -0.4 is 5.73 Å². The molecule has 1 saturated heterocycles. The van der Waals surface area contributed by atoms with E-state index >= 15 is 0 Å². The quantitative estimate of drug-likeness (QED) is 0.907. The zero-order chi connectivity index (χ0) is 14.2. The lowest BCUT2D eigenvalue weighted by molar-refractivity contribution is 0.0777. The zero-order valence-electron chi connectivity index (χ0n) is 11.2. The first kappa shape index (κ1) is 14.3. The van der Waals surface area contributed by atoms with Gasteiger partial charge in [0.25, 0.3) is 5.91 Å². The van der Waals surface area contributed by atoms with Crippen molar-refractivity contribution in [2.24, 2.45) is 11.1 Å². The second-order valence-electron chi connectivity index (χ2n) is 5.57. The van der Waals surface area contributed by atoms with Crippen molar-refractivity contribution in [2.45, 2.75) is 20.3 Å². The van der Waals surface area contributed by atoms with Crippen LogP contribution in [-0.2, 0) is 0 Å². The molecular formula is C14H18ClFN2O. The van der Waals surface area contributed by atoms with E-state index in [4.69, 9.17) is 17.3 Å². The van der Waals surface area contributed by atoms with E-state index in [9.17, 15) is 9.18 Å². The second-order valence-corrected chi connectivity index (χ2v) is 5.98. The number of rotatable bonds is 2. The van der Waals surface area contributed by atoms with Crippen molar-refractivity contribution in [3.05, 3.63) is 34.1 Å². The first-order valence-electron chi connectivity index (χ1n) is 6.31. The fourth-order valence-electron chi connectivity index (χ4n) is 2.36. The smallest absolute Gasteiger partial charge is 0.255 e. The van der Waals surface area contributed by atoms with Gasteiger partial charge in [-0.3, -0.25) is 4.79 Å². The maximum absolute atomic E-state index is 13.4. The summed E-state index contributed by atoms with van der Waals surface area (Å²) in [5.74, 6) is -0.542. The molecule has 104 valence electrons. The van der Waals surface area contributed by atoms with Gasteiger partial charge in [-0.05, 0) is 43.0 Å². The van der Waals surface area contributed by atoms with Crippen molar-refractivity contribution in [2.75, 3.05) is 19.6 Å². The Kier molecular flexibility index (Phi) is 3.83. The van der Waals surface area contributed by atoms with Crippen molar-refractivity contribution in [1.29, 1.82) is 0 Å². The lowest BCUT2D eigenvalue weighted by Gasteiger charge is -2.23. The standard InChI is InChI=1S/C14H18ClFN2O/c1-9-5-10(11(15)6-12(9)16)13(19)18-4-3-14(2,7-17)8-18/h5-6H,3-4,7-8,17H2,1-2H3. The highest BCUT2D eigenvalue weighted by molar-refractivity contribution is 6.33. The molecule has 1 heterocycles. The van der Waals surface area contributed by atoms with Crippen LogP contribution in [-0.4, -0.2) is 30.4 Å². The van der Waals surface area contributed by atoms with E-state index in [0.717, 1.165) is 6.42 Å². The minimum Gasteiger partial charge on any atom is -0.338 e. The van der Waals surface area contributed by atoms with Gasteiger partial charge < -0.3 is 10.6 Å². The summed E-state index contributed by atoms with van der Waals surface area (Å²) < 4.78 is 13.4. The highest BCUT2D eigenvalue weighted by atomic mass is 35.5. The van der Waals surface area contributed by atoms with Gasteiger partial charge in [-0.25, -0.2) is 4.39 Å². The van der Waals surface area contributed by atoms with E-state index in [-0.39, 0.29) is 16.3 Å². The highest BCUT2D eigenvalue weighted by Crippen LogP contribution is 2.31. The Hall–Kier alpha value is -1.13. The molecule has 0 aromatic heterocycles. The molecule has 0 radical (unpaired) electrons. The molecule has 1 aromatic rings. The molecule has 1 fully saturated rings. The lowest BCUT2D eigenvalue weighted by atomic mass is 9.90. The fraction of sp³-hybridized carbons (Fsp3) is 0.500. The van der Waals surface area contributed by atoms with Crippen LogP contribution >= 0.6 is 11.6 Å². The van der Waals surface area contributed by atoms with Gasteiger partial charge in [0.2, 0.25) is 0 Å². The number of nitrogens with zero attached hydrogens (tertiary/aromatic N) is 1. The molecular weight excluding hydrogens is 267 g/mol. The van der Waals surface area contributed by atoms with Crippen LogP contribution in [0, 0.1) is 18.2 Å². The summed E-state index contributed by atoms with van der Waals surface area (Å²) in [4.78, 5) is 14.2. The van der Waals surface area contributed by atoms with Crippen molar-refractivity contribution < 1.29 is 9.18 Å². The summed E-state index contributed by atoms with van der Waals surface area (Å²) in [6.45, 7) is 5.52. The van der Waals surface area contributed by atoms with Crippen LogP contribution in [0.3, 0.4) is 0 Å². The zero-order valence-corrected chi connectivity index (χ0v) is 11.9. The predicted octanol–water partition coefficient (Wildman–Crippen LogP) is 2.60. The monoisotopic (exact) mass is 284 g/mol. The van der Waals surface area contributed by atoms with E-state index in [2.05, 4.69) is 6.92 Å². The van der Waals surface area contributed by atoms with Crippen LogP contribution in [0.15, 0.2) is 12.1 Å². The van der Waals surface area contributed by atoms with Crippen molar-refractivity contribution in [1.82, 2.24) is 4.90 Å². The number of halogens is 2. The Morgan fingerprint density at radius 2 is 2.26 bits per heavy atom. The fourth-order valence-corrected chi connectivity index (χ4v) is 2.59. The molecule has 1 aliphatic heterocycles. The number of carbonyl (C=O) groups is 1. The summed E-state index contributed by atoms with van der Waals surface area (Å²) in [5, 5.41) is 0.162. The molecule has 1 aliphatic rings. The normalized spacial score (nSPS) is 22.9. The molecule has 1 aromatic carbocycles. The first-order valence-corrected chi connectivity index (χ1v) is 6.69. The number of likely N-dealkylation sites (tertiary alicyclic amines) is 1. The van der Waals surface area contributed by atoms with Crippen molar-refractivity contribution in [3.8, 4) is 0 Å². The van der Waals surface area contributed by atoms with Crippen LogP contribution in [0.25, 0.3) is 0 Å². The Balaban J connectivity index is 2.24. The largest absolute Gasteiger partial charge is 0.338 e. The minimum atomic E-state index is -0.394. The third-order valence-corrected chi connectivity index (χ3v) is 4.13.